The summed E-state index contributed by atoms with van der Waals surface area (Å²) >= 11 is 0. The number of carbonyl (C=O) groups is 3. The summed E-state index contributed by atoms with van der Waals surface area (Å²) in [5.41, 5.74) is 5.70. The smallest absolute Gasteiger partial charge is 0.415 e. The molecule has 128 valence electrons. The number of amides is 2. The number of carbonyl (C=O) groups excluding carboxylic acids is 3. The maximum absolute atomic E-state index is 14.4. The van der Waals surface area contributed by atoms with Crippen LogP contribution in [0.1, 0.15) is 24.3 Å². The molecule has 0 unspecified atom stereocenters. The number of halogens is 1. The van der Waals surface area contributed by atoms with Crippen LogP contribution in [0.4, 0.5) is 14.9 Å². The van der Waals surface area contributed by atoms with Crippen molar-refractivity contribution in [3.8, 4) is 0 Å². The third-order valence-electron chi connectivity index (χ3n) is 4.18. The summed E-state index contributed by atoms with van der Waals surface area (Å²) in [5, 5.41) is -0.373. The third kappa shape index (κ3) is 3.03. The maximum atomic E-state index is 14.4. The molecule has 2 amide bonds. The predicted octanol–water partition coefficient (Wildman–Crippen LogP) is 0.789. The number of hydrogen-bond donors (Lipinski definition) is 1. The van der Waals surface area contributed by atoms with E-state index in [9.17, 15) is 23.0 Å². The SMILES string of the molecule is NC(=O)[C@H]1CN(c2ccc([C@@H]3CC[S@](=O)C(=O)C3)c(F)c2)C(=O)O1. The van der Waals surface area contributed by atoms with Crippen LogP contribution in [0, 0.1) is 5.82 Å². The van der Waals surface area contributed by atoms with Gasteiger partial charge < -0.3 is 10.5 Å². The van der Waals surface area contributed by atoms with Crippen LogP contribution < -0.4 is 10.6 Å². The van der Waals surface area contributed by atoms with E-state index in [0.717, 1.165) is 11.0 Å². The molecule has 0 bridgehead atoms. The molecule has 1 aromatic carbocycles. The summed E-state index contributed by atoms with van der Waals surface area (Å²) in [5.74, 6) is -1.43. The van der Waals surface area contributed by atoms with E-state index in [-0.39, 0.29) is 35.4 Å². The first-order chi connectivity index (χ1) is 11.4. The fourth-order valence-corrected chi connectivity index (χ4v) is 3.97. The van der Waals surface area contributed by atoms with E-state index in [2.05, 4.69) is 0 Å². The highest BCUT2D eigenvalue weighted by Gasteiger charge is 2.36. The van der Waals surface area contributed by atoms with Gasteiger partial charge in [0.15, 0.2) is 6.10 Å². The highest BCUT2D eigenvalue weighted by molar-refractivity contribution is 8.00. The van der Waals surface area contributed by atoms with Crippen molar-refractivity contribution >= 4 is 33.6 Å². The second-order valence-electron chi connectivity index (χ2n) is 5.70. The topological polar surface area (TPSA) is 107 Å². The van der Waals surface area contributed by atoms with Crippen molar-refractivity contribution in [3.63, 3.8) is 0 Å². The van der Waals surface area contributed by atoms with Gasteiger partial charge in [-0.25, -0.2) is 9.18 Å². The summed E-state index contributed by atoms with van der Waals surface area (Å²) in [4.78, 5) is 35.6. The van der Waals surface area contributed by atoms with Crippen molar-refractivity contribution < 1.29 is 27.7 Å². The molecule has 24 heavy (non-hydrogen) atoms. The van der Waals surface area contributed by atoms with Gasteiger partial charge in [0.25, 0.3) is 5.91 Å². The number of cyclic esters (lactones) is 1. The van der Waals surface area contributed by atoms with Crippen LogP contribution in [-0.2, 0) is 25.1 Å². The Morgan fingerprint density at radius 1 is 1.38 bits per heavy atom. The zero-order valence-corrected chi connectivity index (χ0v) is 13.4. The molecule has 7 nitrogen and oxygen atoms in total. The average Bonchev–Trinajstić information content (AvgIpc) is 2.92. The first-order valence-corrected chi connectivity index (χ1v) is 8.67. The van der Waals surface area contributed by atoms with Crippen molar-refractivity contribution in [2.45, 2.75) is 24.9 Å². The fraction of sp³-hybridized carbons (Fsp3) is 0.400. The lowest BCUT2D eigenvalue weighted by atomic mass is 9.92. The van der Waals surface area contributed by atoms with E-state index in [1.807, 2.05) is 0 Å². The normalized spacial score (nSPS) is 27.2. The van der Waals surface area contributed by atoms with Crippen molar-refractivity contribution in [2.75, 3.05) is 17.2 Å². The lowest BCUT2D eigenvalue weighted by Gasteiger charge is -2.22. The Morgan fingerprint density at radius 2 is 2.12 bits per heavy atom. The van der Waals surface area contributed by atoms with Crippen LogP contribution in [0.2, 0.25) is 0 Å². The monoisotopic (exact) mass is 354 g/mol. The minimum atomic E-state index is -1.48. The number of nitrogens with two attached hydrogens (primary N) is 1. The first-order valence-electron chi connectivity index (χ1n) is 7.35. The van der Waals surface area contributed by atoms with Gasteiger partial charge in [0.2, 0.25) is 5.12 Å². The Bertz CT molecular complexity index is 753. The van der Waals surface area contributed by atoms with Crippen LogP contribution in [0.3, 0.4) is 0 Å². The lowest BCUT2D eigenvalue weighted by molar-refractivity contribution is -0.124. The Labute approximate surface area is 139 Å². The molecule has 0 spiro atoms. The zero-order chi connectivity index (χ0) is 17.4. The van der Waals surface area contributed by atoms with Gasteiger partial charge in [-0.3, -0.25) is 18.7 Å². The molecule has 0 aliphatic carbocycles. The molecule has 2 heterocycles. The number of benzene rings is 1. The molecule has 2 N–H and O–H groups in total. The van der Waals surface area contributed by atoms with Crippen molar-refractivity contribution in [1.29, 1.82) is 0 Å². The standard InChI is InChI=1S/C15H15FN2O5S/c16-11-6-9(18-7-12(14(17)20)23-15(18)21)1-2-10(11)8-3-4-24(22)13(19)5-8/h1-2,6,8,12H,3-5,7H2,(H2,17,20)/t8-,12-,24+/m1/s1. The van der Waals surface area contributed by atoms with Gasteiger partial charge in [-0.15, -0.1) is 0 Å². The van der Waals surface area contributed by atoms with Crippen LogP contribution in [0.5, 0.6) is 0 Å². The quantitative estimate of drug-likeness (QED) is 0.864. The Balaban J connectivity index is 1.80. The number of rotatable bonds is 3. The number of ether oxygens (including phenoxy) is 1. The van der Waals surface area contributed by atoms with Crippen molar-refractivity contribution in [2.24, 2.45) is 5.73 Å². The van der Waals surface area contributed by atoms with Gasteiger partial charge in [-0.05, 0) is 30.0 Å². The van der Waals surface area contributed by atoms with Crippen molar-refractivity contribution in [1.82, 2.24) is 0 Å². The minimum absolute atomic E-state index is 0.0401. The second kappa shape index (κ2) is 6.31. The molecule has 0 aromatic heterocycles. The fourth-order valence-electron chi connectivity index (χ4n) is 2.86. The summed E-state index contributed by atoms with van der Waals surface area (Å²) < 4.78 is 30.6. The van der Waals surface area contributed by atoms with E-state index < -0.39 is 34.7 Å². The highest BCUT2D eigenvalue weighted by atomic mass is 32.2. The Kier molecular flexibility index (Phi) is 4.35. The Hall–Kier alpha value is -2.29. The number of hydrogen-bond acceptors (Lipinski definition) is 5. The van der Waals surface area contributed by atoms with Crippen LogP contribution in [0.25, 0.3) is 0 Å². The minimum Gasteiger partial charge on any atom is -0.434 e. The maximum Gasteiger partial charge on any atom is 0.415 e. The van der Waals surface area contributed by atoms with Gasteiger partial charge in [0, 0.05) is 12.2 Å². The molecule has 3 rings (SSSR count). The molecule has 3 atom stereocenters. The van der Waals surface area contributed by atoms with E-state index in [1.165, 1.54) is 12.1 Å². The summed E-state index contributed by atoms with van der Waals surface area (Å²) in [6.45, 7) is -0.0755. The van der Waals surface area contributed by atoms with Gasteiger partial charge in [-0.1, -0.05) is 6.07 Å². The molecule has 2 fully saturated rings. The summed E-state index contributed by atoms with van der Waals surface area (Å²) in [7, 11) is -1.48. The molecule has 1 aromatic rings. The van der Waals surface area contributed by atoms with E-state index in [0.29, 0.717) is 12.0 Å². The molecule has 0 saturated carbocycles. The first kappa shape index (κ1) is 16.6. The molecule has 9 heteroatoms. The summed E-state index contributed by atoms with van der Waals surface area (Å²) in [6, 6.07) is 4.19. The molecular weight excluding hydrogens is 339 g/mol. The lowest BCUT2D eigenvalue weighted by Crippen LogP contribution is -2.32. The van der Waals surface area contributed by atoms with Crippen LogP contribution in [0.15, 0.2) is 18.2 Å². The van der Waals surface area contributed by atoms with Gasteiger partial charge in [0.1, 0.15) is 5.82 Å². The molecule has 2 aliphatic rings. The highest BCUT2D eigenvalue weighted by Crippen LogP contribution is 2.33. The summed E-state index contributed by atoms with van der Waals surface area (Å²) in [6.07, 6.45) is -1.33. The Morgan fingerprint density at radius 3 is 2.71 bits per heavy atom. The second-order valence-corrected chi connectivity index (χ2v) is 7.26. The van der Waals surface area contributed by atoms with Gasteiger partial charge in [0.05, 0.1) is 23.0 Å². The molecular formula is C15H15FN2O5S. The predicted molar refractivity (Wildman–Crippen MR) is 83.2 cm³/mol. The number of nitrogens with zero attached hydrogens (tertiary/aromatic N) is 1. The average molecular weight is 354 g/mol. The number of primary amides is 1. The van der Waals surface area contributed by atoms with Gasteiger partial charge in [-0.2, -0.15) is 0 Å². The van der Waals surface area contributed by atoms with E-state index >= 15 is 0 Å². The van der Waals surface area contributed by atoms with E-state index in [1.54, 1.807) is 0 Å². The van der Waals surface area contributed by atoms with Crippen LogP contribution in [-0.4, -0.2) is 39.7 Å². The third-order valence-corrected chi connectivity index (χ3v) is 5.46. The van der Waals surface area contributed by atoms with E-state index in [4.69, 9.17) is 10.5 Å². The number of anilines is 1. The molecule has 0 radical (unpaired) electrons. The van der Waals surface area contributed by atoms with Gasteiger partial charge >= 0.3 is 6.09 Å². The van der Waals surface area contributed by atoms with Crippen LogP contribution >= 0.6 is 0 Å². The molecule has 2 aliphatic heterocycles. The van der Waals surface area contributed by atoms with Crippen molar-refractivity contribution in [3.05, 3.63) is 29.6 Å². The molecule has 2 saturated heterocycles. The zero-order valence-electron chi connectivity index (χ0n) is 12.6. The largest absolute Gasteiger partial charge is 0.434 e.